The minimum Gasteiger partial charge on any atom is -0.398 e. The zero-order chi connectivity index (χ0) is 14.7. The van der Waals surface area contributed by atoms with Crippen LogP contribution in [-0.4, -0.2) is 5.91 Å². The minimum atomic E-state index is -0.128. The standard InChI is InChI=1S/C16H17ClN2O/c1-10-14(4-3-5-15(10)18)16(20)19-11(2)12-6-8-13(17)9-7-12/h3-9,11H,18H2,1-2H3,(H,19,20)/t11-/m1/s1. The Balaban J connectivity index is 2.15. The number of nitrogens with one attached hydrogen (secondary N) is 1. The van der Waals surface area contributed by atoms with Crippen molar-refractivity contribution in [2.45, 2.75) is 19.9 Å². The van der Waals surface area contributed by atoms with E-state index in [0.717, 1.165) is 11.1 Å². The Morgan fingerprint density at radius 2 is 1.85 bits per heavy atom. The lowest BCUT2D eigenvalue weighted by molar-refractivity contribution is 0.0939. The molecule has 4 heteroatoms. The number of carbonyl (C=O) groups excluding carboxylic acids is 1. The lowest BCUT2D eigenvalue weighted by atomic mass is 10.0. The second kappa shape index (κ2) is 5.97. The molecule has 0 aliphatic heterocycles. The highest BCUT2D eigenvalue weighted by molar-refractivity contribution is 6.30. The van der Waals surface area contributed by atoms with Gasteiger partial charge in [0.25, 0.3) is 5.91 Å². The maximum absolute atomic E-state index is 12.3. The van der Waals surface area contributed by atoms with Gasteiger partial charge in [-0.1, -0.05) is 29.8 Å². The number of amides is 1. The van der Waals surface area contributed by atoms with Gasteiger partial charge in [-0.15, -0.1) is 0 Å². The Morgan fingerprint density at radius 3 is 2.50 bits per heavy atom. The third-order valence-electron chi connectivity index (χ3n) is 3.34. The van der Waals surface area contributed by atoms with E-state index >= 15 is 0 Å². The predicted molar refractivity (Wildman–Crippen MR) is 82.9 cm³/mol. The summed E-state index contributed by atoms with van der Waals surface area (Å²) in [4.78, 5) is 12.3. The summed E-state index contributed by atoms with van der Waals surface area (Å²) in [5, 5.41) is 3.64. The minimum absolute atomic E-state index is 0.0967. The van der Waals surface area contributed by atoms with Crippen molar-refractivity contribution < 1.29 is 4.79 Å². The molecular weight excluding hydrogens is 272 g/mol. The Bertz CT molecular complexity index is 623. The van der Waals surface area contributed by atoms with Crippen molar-refractivity contribution in [1.82, 2.24) is 5.32 Å². The summed E-state index contributed by atoms with van der Waals surface area (Å²) in [5.74, 6) is -0.128. The summed E-state index contributed by atoms with van der Waals surface area (Å²) in [6, 6.07) is 12.7. The van der Waals surface area contributed by atoms with Crippen LogP contribution in [-0.2, 0) is 0 Å². The van der Waals surface area contributed by atoms with E-state index < -0.39 is 0 Å². The number of anilines is 1. The van der Waals surface area contributed by atoms with Crippen molar-refractivity contribution in [3.63, 3.8) is 0 Å². The van der Waals surface area contributed by atoms with Gasteiger partial charge in [0.05, 0.1) is 6.04 Å². The molecule has 20 heavy (non-hydrogen) atoms. The van der Waals surface area contributed by atoms with E-state index in [1.807, 2.05) is 38.1 Å². The van der Waals surface area contributed by atoms with E-state index in [2.05, 4.69) is 5.32 Å². The first-order chi connectivity index (χ1) is 9.49. The Labute approximate surface area is 123 Å². The highest BCUT2D eigenvalue weighted by Gasteiger charge is 2.14. The van der Waals surface area contributed by atoms with Crippen molar-refractivity contribution in [3.05, 3.63) is 64.2 Å². The summed E-state index contributed by atoms with van der Waals surface area (Å²) in [5.41, 5.74) is 8.85. The molecule has 0 spiro atoms. The molecular formula is C16H17ClN2O. The number of halogens is 1. The van der Waals surface area contributed by atoms with E-state index in [1.54, 1.807) is 18.2 Å². The van der Waals surface area contributed by atoms with Crippen LogP contribution >= 0.6 is 11.6 Å². The molecule has 0 unspecified atom stereocenters. The average Bonchev–Trinajstić information content (AvgIpc) is 2.42. The molecule has 2 aromatic carbocycles. The largest absolute Gasteiger partial charge is 0.398 e. The van der Waals surface area contributed by atoms with E-state index in [4.69, 9.17) is 17.3 Å². The van der Waals surface area contributed by atoms with E-state index in [-0.39, 0.29) is 11.9 Å². The van der Waals surface area contributed by atoms with Gasteiger partial charge in [-0.05, 0) is 49.2 Å². The topological polar surface area (TPSA) is 55.1 Å². The molecule has 0 saturated carbocycles. The van der Waals surface area contributed by atoms with Gasteiger partial charge in [0.15, 0.2) is 0 Å². The monoisotopic (exact) mass is 288 g/mol. The zero-order valence-electron chi connectivity index (χ0n) is 11.5. The second-order valence-corrected chi connectivity index (χ2v) is 5.20. The van der Waals surface area contributed by atoms with Gasteiger partial charge in [-0.25, -0.2) is 0 Å². The zero-order valence-corrected chi connectivity index (χ0v) is 12.2. The van der Waals surface area contributed by atoms with Crippen LogP contribution in [0.25, 0.3) is 0 Å². The third kappa shape index (κ3) is 3.11. The molecule has 2 aromatic rings. The molecule has 0 aliphatic carbocycles. The molecule has 104 valence electrons. The number of benzene rings is 2. The fraction of sp³-hybridized carbons (Fsp3) is 0.188. The molecule has 1 atom stereocenters. The van der Waals surface area contributed by atoms with Gasteiger partial charge in [0.1, 0.15) is 0 Å². The summed E-state index contributed by atoms with van der Waals surface area (Å²) in [7, 11) is 0. The molecule has 3 nitrogen and oxygen atoms in total. The molecule has 0 saturated heterocycles. The van der Waals surface area contributed by atoms with Gasteiger partial charge < -0.3 is 11.1 Å². The second-order valence-electron chi connectivity index (χ2n) is 4.77. The fourth-order valence-electron chi connectivity index (χ4n) is 2.01. The normalized spacial score (nSPS) is 11.9. The van der Waals surface area contributed by atoms with Crippen molar-refractivity contribution in [1.29, 1.82) is 0 Å². The van der Waals surface area contributed by atoms with Crippen LogP contribution in [0.15, 0.2) is 42.5 Å². The summed E-state index contributed by atoms with van der Waals surface area (Å²) < 4.78 is 0. The van der Waals surface area contributed by atoms with Crippen LogP contribution in [0.5, 0.6) is 0 Å². The number of nitrogen functional groups attached to an aromatic ring is 1. The van der Waals surface area contributed by atoms with Crippen LogP contribution in [0.2, 0.25) is 5.02 Å². The van der Waals surface area contributed by atoms with Crippen molar-refractivity contribution in [3.8, 4) is 0 Å². The fourth-order valence-corrected chi connectivity index (χ4v) is 2.13. The molecule has 0 bridgehead atoms. The molecule has 0 aromatic heterocycles. The van der Waals surface area contributed by atoms with Gasteiger partial charge in [0, 0.05) is 16.3 Å². The van der Waals surface area contributed by atoms with E-state index in [1.165, 1.54) is 0 Å². The molecule has 0 radical (unpaired) electrons. The number of nitrogens with two attached hydrogens (primary N) is 1. The maximum Gasteiger partial charge on any atom is 0.252 e. The highest BCUT2D eigenvalue weighted by atomic mass is 35.5. The highest BCUT2D eigenvalue weighted by Crippen LogP contribution is 2.19. The number of hydrogen-bond donors (Lipinski definition) is 2. The molecule has 0 aliphatic rings. The first-order valence-corrected chi connectivity index (χ1v) is 6.78. The van der Waals surface area contributed by atoms with Gasteiger partial charge in [-0.3, -0.25) is 4.79 Å². The van der Waals surface area contributed by atoms with Crippen molar-refractivity contribution in [2.75, 3.05) is 5.73 Å². The number of rotatable bonds is 3. The van der Waals surface area contributed by atoms with Gasteiger partial charge in [-0.2, -0.15) is 0 Å². The molecule has 3 N–H and O–H groups in total. The lowest BCUT2D eigenvalue weighted by Gasteiger charge is -2.16. The van der Waals surface area contributed by atoms with Gasteiger partial charge >= 0.3 is 0 Å². The van der Waals surface area contributed by atoms with Crippen molar-refractivity contribution >= 4 is 23.2 Å². The Hall–Kier alpha value is -2.00. The molecule has 0 fully saturated rings. The molecule has 0 heterocycles. The van der Waals surface area contributed by atoms with Crippen LogP contribution in [0.3, 0.4) is 0 Å². The maximum atomic E-state index is 12.3. The summed E-state index contributed by atoms with van der Waals surface area (Å²) in [6.07, 6.45) is 0. The Kier molecular flexibility index (Phi) is 4.30. The smallest absolute Gasteiger partial charge is 0.252 e. The summed E-state index contributed by atoms with van der Waals surface area (Å²) in [6.45, 7) is 3.78. The Morgan fingerprint density at radius 1 is 1.20 bits per heavy atom. The van der Waals surface area contributed by atoms with Crippen LogP contribution in [0.4, 0.5) is 5.69 Å². The quantitative estimate of drug-likeness (QED) is 0.846. The van der Waals surface area contributed by atoms with E-state index in [0.29, 0.717) is 16.3 Å². The predicted octanol–water partition coefficient (Wildman–Crippen LogP) is 3.72. The van der Waals surface area contributed by atoms with Crippen LogP contribution < -0.4 is 11.1 Å². The third-order valence-corrected chi connectivity index (χ3v) is 3.59. The SMILES string of the molecule is Cc1c(N)cccc1C(=O)N[C@H](C)c1ccc(Cl)cc1. The van der Waals surface area contributed by atoms with Gasteiger partial charge in [0.2, 0.25) is 0 Å². The van der Waals surface area contributed by atoms with Crippen molar-refractivity contribution in [2.24, 2.45) is 0 Å². The van der Waals surface area contributed by atoms with Crippen LogP contribution in [0, 0.1) is 6.92 Å². The average molecular weight is 289 g/mol. The lowest BCUT2D eigenvalue weighted by Crippen LogP contribution is -2.27. The van der Waals surface area contributed by atoms with E-state index in [9.17, 15) is 4.79 Å². The number of carbonyl (C=O) groups is 1. The molecule has 2 rings (SSSR count). The number of hydrogen-bond acceptors (Lipinski definition) is 2. The molecule has 1 amide bonds. The summed E-state index contributed by atoms with van der Waals surface area (Å²) >= 11 is 5.85. The first-order valence-electron chi connectivity index (χ1n) is 6.40. The first kappa shape index (κ1) is 14.4. The van der Waals surface area contributed by atoms with Crippen LogP contribution in [0.1, 0.15) is 34.5 Å².